The van der Waals surface area contributed by atoms with Crippen LogP contribution in [0.3, 0.4) is 0 Å². The molecule has 1 heterocycles. The van der Waals surface area contributed by atoms with Crippen molar-refractivity contribution in [1.29, 1.82) is 0 Å². The summed E-state index contributed by atoms with van der Waals surface area (Å²) in [6.07, 6.45) is 3.94. The highest BCUT2D eigenvalue weighted by molar-refractivity contribution is 5.29. The van der Waals surface area contributed by atoms with Crippen LogP contribution in [0.1, 0.15) is 24.2 Å². The third-order valence-corrected chi connectivity index (χ3v) is 1.98. The highest BCUT2D eigenvalue weighted by Gasteiger charge is 2.08. The van der Waals surface area contributed by atoms with Crippen molar-refractivity contribution in [3.63, 3.8) is 0 Å². The van der Waals surface area contributed by atoms with Crippen molar-refractivity contribution in [2.75, 3.05) is 0 Å². The largest absolute Gasteiger partial charge is 0.507 e. The molecule has 0 fully saturated rings. The lowest BCUT2D eigenvalue weighted by atomic mass is 10.1. The zero-order valence-electron chi connectivity index (χ0n) is 8.25. The van der Waals surface area contributed by atoms with E-state index in [4.69, 9.17) is 4.42 Å². The Morgan fingerprint density at radius 2 is 2.36 bits per heavy atom. The van der Waals surface area contributed by atoms with E-state index in [0.717, 1.165) is 12.8 Å². The summed E-state index contributed by atoms with van der Waals surface area (Å²) in [6, 6.07) is 1.46. The van der Waals surface area contributed by atoms with Gasteiger partial charge in [0.1, 0.15) is 11.5 Å². The molecule has 0 amide bonds. The molecule has 3 nitrogen and oxygen atoms in total. The van der Waals surface area contributed by atoms with E-state index >= 15 is 0 Å². The fraction of sp³-hybridized carbons (Fsp3) is 0.364. The molecule has 3 heteroatoms. The second kappa shape index (κ2) is 4.65. The van der Waals surface area contributed by atoms with Gasteiger partial charge in [0, 0.05) is 6.07 Å². The van der Waals surface area contributed by atoms with Gasteiger partial charge in [-0.25, -0.2) is 4.79 Å². The highest BCUT2D eigenvalue weighted by atomic mass is 16.4. The van der Waals surface area contributed by atoms with E-state index in [1.165, 1.54) is 6.07 Å². The van der Waals surface area contributed by atoms with Gasteiger partial charge in [-0.1, -0.05) is 6.08 Å². The first-order valence-electron chi connectivity index (χ1n) is 4.58. The normalized spacial score (nSPS) is 10.1. The molecule has 1 N–H and O–H groups in total. The molecular weight excluding hydrogens is 180 g/mol. The molecule has 1 aromatic heterocycles. The standard InChI is InChI=1S/C11H14O3/c1-3-4-5-6-9-10(12)7-8(2)14-11(9)13/h3,7,12H,1,4-6H2,2H3. The van der Waals surface area contributed by atoms with Gasteiger partial charge in [-0.15, -0.1) is 6.58 Å². The molecule has 0 saturated carbocycles. The summed E-state index contributed by atoms with van der Waals surface area (Å²) in [5.41, 5.74) is -0.0796. The second-order valence-electron chi connectivity index (χ2n) is 3.19. The minimum absolute atomic E-state index is 0.0304. The predicted molar refractivity (Wildman–Crippen MR) is 54.5 cm³/mol. The lowest BCUT2D eigenvalue weighted by Crippen LogP contribution is -2.08. The number of rotatable bonds is 4. The minimum atomic E-state index is -0.438. The zero-order chi connectivity index (χ0) is 10.6. The third kappa shape index (κ3) is 2.49. The molecule has 1 rings (SSSR count). The van der Waals surface area contributed by atoms with Gasteiger partial charge >= 0.3 is 5.63 Å². The first-order chi connectivity index (χ1) is 6.65. The fourth-order valence-corrected chi connectivity index (χ4v) is 1.27. The number of aryl methyl sites for hydroxylation is 1. The average Bonchev–Trinajstić information content (AvgIpc) is 2.09. The zero-order valence-corrected chi connectivity index (χ0v) is 8.25. The van der Waals surface area contributed by atoms with E-state index in [2.05, 4.69) is 6.58 Å². The van der Waals surface area contributed by atoms with Crippen LogP contribution in [0, 0.1) is 6.92 Å². The maximum absolute atomic E-state index is 11.3. The topological polar surface area (TPSA) is 50.4 Å². The molecule has 0 aromatic carbocycles. The Labute approximate surface area is 82.7 Å². The third-order valence-electron chi connectivity index (χ3n) is 1.98. The van der Waals surface area contributed by atoms with E-state index in [-0.39, 0.29) is 5.75 Å². The van der Waals surface area contributed by atoms with Gasteiger partial charge in [0.05, 0.1) is 5.56 Å². The Morgan fingerprint density at radius 1 is 1.64 bits per heavy atom. The number of aromatic hydroxyl groups is 1. The summed E-state index contributed by atoms with van der Waals surface area (Å²) < 4.78 is 4.88. The smallest absolute Gasteiger partial charge is 0.342 e. The maximum atomic E-state index is 11.3. The van der Waals surface area contributed by atoms with Crippen molar-refractivity contribution in [3.05, 3.63) is 40.5 Å². The summed E-state index contributed by atoms with van der Waals surface area (Å²) in [5, 5.41) is 9.49. The Balaban J connectivity index is 2.86. The lowest BCUT2D eigenvalue weighted by Gasteiger charge is -2.02. The van der Waals surface area contributed by atoms with E-state index < -0.39 is 5.63 Å². The predicted octanol–water partition coefficient (Wildman–Crippen LogP) is 2.16. The quantitative estimate of drug-likeness (QED) is 0.590. The SMILES string of the molecule is C=CCCCc1c(O)cc(C)oc1=O. The van der Waals surface area contributed by atoms with Gasteiger partial charge in [0.2, 0.25) is 0 Å². The molecule has 0 aliphatic heterocycles. The summed E-state index contributed by atoms with van der Waals surface area (Å²) in [4.78, 5) is 11.3. The lowest BCUT2D eigenvalue weighted by molar-refractivity contribution is 0.421. The van der Waals surface area contributed by atoms with Crippen LogP contribution in [0.4, 0.5) is 0 Å². The minimum Gasteiger partial charge on any atom is -0.507 e. The van der Waals surface area contributed by atoms with E-state index in [9.17, 15) is 9.90 Å². The van der Waals surface area contributed by atoms with Crippen molar-refractivity contribution in [3.8, 4) is 5.75 Å². The van der Waals surface area contributed by atoms with Gasteiger partial charge in [-0.05, 0) is 26.2 Å². The van der Waals surface area contributed by atoms with Crippen LogP contribution in [0.5, 0.6) is 5.75 Å². The molecule has 0 aliphatic rings. The van der Waals surface area contributed by atoms with Crippen molar-refractivity contribution in [1.82, 2.24) is 0 Å². The monoisotopic (exact) mass is 194 g/mol. The number of hydrogen-bond acceptors (Lipinski definition) is 3. The highest BCUT2D eigenvalue weighted by Crippen LogP contribution is 2.16. The molecular formula is C11H14O3. The fourth-order valence-electron chi connectivity index (χ4n) is 1.27. The van der Waals surface area contributed by atoms with Crippen LogP contribution in [0.2, 0.25) is 0 Å². The molecule has 0 atom stereocenters. The summed E-state index contributed by atoms with van der Waals surface area (Å²) in [6.45, 7) is 5.22. The van der Waals surface area contributed by atoms with Crippen LogP contribution in [-0.2, 0) is 6.42 Å². The number of hydrogen-bond donors (Lipinski definition) is 1. The summed E-state index contributed by atoms with van der Waals surface area (Å²) >= 11 is 0. The number of unbranched alkanes of at least 4 members (excludes halogenated alkanes) is 1. The molecule has 76 valence electrons. The van der Waals surface area contributed by atoms with Gasteiger partial charge in [-0.2, -0.15) is 0 Å². The summed E-state index contributed by atoms with van der Waals surface area (Å²) in [5.74, 6) is 0.461. The molecule has 0 radical (unpaired) electrons. The molecule has 0 saturated heterocycles. The maximum Gasteiger partial charge on any atom is 0.342 e. The molecule has 0 aliphatic carbocycles. The van der Waals surface area contributed by atoms with E-state index in [0.29, 0.717) is 17.7 Å². The second-order valence-corrected chi connectivity index (χ2v) is 3.19. The Kier molecular flexibility index (Phi) is 3.51. The van der Waals surface area contributed by atoms with Crippen molar-refractivity contribution in [2.45, 2.75) is 26.2 Å². The van der Waals surface area contributed by atoms with Crippen molar-refractivity contribution < 1.29 is 9.52 Å². The van der Waals surface area contributed by atoms with Crippen LogP contribution >= 0.6 is 0 Å². The van der Waals surface area contributed by atoms with Crippen LogP contribution in [0.25, 0.3) is 0 Å². The van der Waals surface area contributed by atoms with E-state index in [1.807, 2.05) is 0 Å². The average molecular weight is 194 g/mol. The molecule has 14 heavy (non-hydrogen) atoms. The first-order valence-corrected chi connectivity index (χ1v) is 4.58. The van der Waals surface area contributed by atoms with Crippen LogP contribution in [-0.4, -0.2) is 5.11 Å². The molecule has 1 aromatic rings. The van der Waals surface area contributed by atoms with Gasteiger partial charge in [-0.3, -0.25) is 0 Å². The Hall–Kier alpha value is -1.51. The molecule has 0 unspecified atom stereocenters. The molecule has 0 spiro atoms. The Bertz CT molecular complexity index is 377. The van der Waals surface area contributed by atoms with Crippen molar-refractivity contribution in [2.24, 2.45) is 0 Å². The molecule has 0 bridgehead atoms. The number of allylic oxidation sites excluding steroid dienone is 1. The van der Waals surface area contributed by atoms with E-state index in [1.54, 1.807) is 13.0 Å². The van der Waals surface area contributed by atoms with Gasteiger partial charge < -0.3 is 9.52 Å². The van der Waals surface area contributed by atoms with Crippen LogP contribution < -0.4 is 5.63 Å². The van der Waals surface area contributed by atoms with Gasteiger partial charge in [0.15, 0.2) is 0 Å². The Morgan fingerprint density at radius 3 is 2.93 bits per heavy atom. The first kappa shape index (κ1) is 10.6. The van der Waals surface area contributed by atoms with Crippen LogP contribution in [0.15, 0.2) is 27.9 Å². The van der Waals surface area contributed by atoms with Gasteiger partial charge in [0.25, 0.3) is 0 Å². The summed E-state index contributed by atoms with van der Waals surface area (Å²) in [7, 11) is 0. The van der Waals surface area contributed by atoms with Crippen molar-refractivity contribution >= 4 is 0 Å².